The van der Waals surface area contributed by atoms with Gasteiger partial charge in [-0.2, -0.15) is 0 Å². The van der Waals surface area contributed by atoms with Crippen molar-refractivity contribution in [1.29, 1.82) is 0 Å². The summed E-state index contributed by atoms with van der Waals surface area (Å²) in [6.45, 7) is 0. The molecule has 3 rings (SSSR count). The average molecular weight is 285 g/mol. The Hall–Kier alpha value is -2.13. The average Bonchev–Trinajstić information content (AvgIpc) is 2.48. The van der Waals surface area contributed by atoms with Crippen LogP contribution in [0.2, 0.25) is 5.02 Å². The molecule has 1 atom stereocenters. The first-order valence-electron chi connectivity index (χ1n) is 6.32. The fourth-order valence-electron chi connectivity index (χ4n) is 2.42. The molecule has 100 valence electrons. The number of likely N-dealkylation sites (N-methyl/N-ethyl adjacent to an activating group) is 1. The molecule has 0 radical (unpaired) electrons. The second kappa shape index (κ2) is 5.10. The van der Waals surface area contributed by atoms with E-state index in [1.54, 1.807) is 12.1 Å². The molecular formula is C16H13ClN2O. The van der Waals surface area contributed by atoms with Gasteiger partial charge in [0.2, 0.25) is 0 Å². The number of aliphatic imine (C=N–C) groups is 1. The van der Waals surface area contributed by atoms with Crippen molar-refractivity contribution in [2.75, 3.05) is 7.05 Å². The van der Waals surface area contributed by atoms with Crippen molar-refractivity contribution >= 4 is 29.4 Å². The maximum Gasteiger partial charge on any atom is 0.147 e. The van der Waals surface area contributed by atoms with Crippen LogP contribution >= 0.6 is 11.6 Å². The Kier molecular flexibility index (Phi) is 3.28. The van der Waals surface area contributed by atoms with Gasteiger partial charge in [0.25, 0.3) is 0 Å². The zero-order chi connectivity index (χ0) is 14.1. The summed E-state index contributed by atoms with van der Waals surface area (Å²) in [5.41, 5.74) is 2.62. The Morgan fingerprint density at radius 3 is 2.65 bits per heavy atom. The van der Waals surface area contributed by atoms with Crippen molar-refractivity contribution in [1.82, 2.24) is 4.90 Å². The van der Waals surface area contributed by atoms with E-state index in [-0.39, 0.29) is 6.04 Å². The summed E-state index contributed by atoms with van der Waals surface area (Å²) in [5, 5.41) is 0.620. The molecule has 0 N–H and O–H groups in total. The van der Waals surface area contributed by atoms with Crippen molar-refractivity contribution in [2.24, 2.45) is 4.99 Å². The van der Waals surface area contributed by atoms with Crippen molar-refractivity contribution in [3.63, 3.8) is 0 Å². The predicted octanol–water partition coefficient (Wildman–Crippen LogP) is 3.60. The number of rotatable bonds is 2. The Labute approximate surface area is 122 Å². The largest absolute Gasteiger partial charge is 0.345 e. The zero-order valence-corrected chi connectivity index (χ0v) is 11.7. The minimum atomic E-state index is -0.338. The lowest BCUT2D eigenvalue weighted by atomic mass is 10.0. The van der Waals surface area contributed by atoms with Gasteiger partial charge in [0.1, 0.15) is 18.2 Å². The Morgan fingerprint density at radius 1 is 1.20 bits per heavy atom. The smallest absolute Gasteiger partial charge is 0.147 e. The van der Waals surface area contributed by atoms with Gasteiger partial charge in [-0.1, -0.05) is 48.0 Å². The molecule has 1 aliphatic heterocycles. The van der Waals surface area contributed by atoms with Crippen LogP contribution in [0, 0.1) is 0 Å². The minimum Gasteiger partial charge on any atom is -0.345 e. The molecule has 2 aromatic carbocycles. The third kappa shape index (κ3) is 2.10. The molecule has 0 saturated carbocycles. The lowest BCUT2D eigenvalue weighted by Gasteiger charge is -2.32. The van der Waals surface area contributed by atoms with E-state index in [0.29, 0.717) is 5.02 Å². The molecule has 2 aromatic rings. The van der Waals surface area contributed by atoms with Crippen LogP contribution in [0.3, 0.4) is 0 Å². The number of carbonyl (C=O) groups is 1. The highest BCUT2D eigenvalue weighted by molar-refractivity contribution is 6.31. The van der Waals surface area contributed by atoms with Crippen LogP contribution in [-0.4, -0.2) is 24.1 Å². The fraction of sp³-hybridized carbons (Fsp3) is 0.125. The molecule has 0 aromatic heterocycles. The molecule has 1 heterocycles. The Bertz CT molecular complexity index is 682. The maximum absolute atomic E-state index is 11.5. The van der Waals surface area contributed by atoms with Crippen LogP contribution in [0.4, 0.5) is 5.69 Å². The summed E-state index contributed by atoms with van der Waals surface area (Å²) in [7, 11) is 1.88. The highest BCUT2D eigenvalue weighted by Crippen LogP contribution is 2.36. The van der Waals surface area contributed by atoms with Crippen LogP contribution in [0.1, 0.15) is 17.2 Å². The number of carbonyl (C=O) groups excluding carboxylic acids is 1. The van der Waals surface area contributed by atoms with Gasteiger partial charge in [-0.3, -0.25) is 0 Å². The van der Waals surface area contributed by atoms with Gasteiger partial charge in [0, 0.05) is 23.2 Å². The quantitative estimate of drug-likeness (QED) is 0.789. The van der Waals surface area contributed by atoms with Gasteiger partial charge >= 0.3 is 0 Å². The highest BCUT2D eigenvalue weighted by Gasteiger charge is 2.27. The fourth-order valence-corrected chi connectivity index (χ4v) is 2.58. The van der Waals surface area contributed by atoms with E-state index in [1.807, 2.05) is 48.3 Å². The lowest BCUT2D eigenvalue weighted by Crippen LogP contribution is -2.35. The predicted molar refractivity (Wildman–Crippen MR) is 80.7 cm³/mol. The van der Waals surface area contributed by atoms with Gasteiger partial charge in [0.05, 0.1) is 5.69 Å². The minimum absolute atomic E-state index is 0.338. The lowest BCUT2D eigenvalue weighted by molar-refractivity contribution is -0.111. The van der Waals surface area contributed by atoms with Crippen LogP contribution in [0.25, 0.3) is 0 Å². The van der Waals surface area contributed by atoms with E-state index in [1.165, 1.54) is 0 Å². The normalized spacial score (nSPS) is 17.4. The summed E-state index contributed by atoms with van der Waals surface area (Å²) in [5.74, 6) is 0.775. The van der Waals surface area contributed by atoms with Gasteiger partial charge in [-0.05, 0) is 12.1 Å². The van der Waals surface area contributed by atoms with Crippen molar-refractivity contribution < 1.29 is 4.79 Å². The number of aldehydes is 1. The number of hydrogen-bond donors (Lipinski definition) is 0. The monoisotopic (exact) mass is 284 g/mol. The first-order valence-corrected chi connectivity index (χ1v) is 6.70. The standard InChI is InChI=1S/C16H13ClN2O/c1-19-15(10-20)13-8-7-12(17)9-14(13)18-16(19)11-5-3-2-4-6-11/h2-10,15H,1H3. The van der Waals surface area contributed by atoms with E-state index < -0.39 is 0 Å². The Morgan fingerprint density at radius 2 is 1.95 bits per heavy atom. The van der Waals surface area contributed by atoms with Gasteiger partial charge < -0.3 is 9.69 Å². The molecule has 3 nitrogen and oxygen atoms in total. The molecule has 1 aliphatic rings. The van der Waals surface area contributed by atoms with E-state index >= 15 is 0 Å². The van der Waals surface area contributed by atoms with Gasteiger partial charge in [-0.25, -0.2) is 4.99 Å². The molecule has 0 aliphatic carbocycles. The SMILES string of the molecule is CN1C(c2ccccc2)=Nc2cc(Cl)ccc2C1C=O. The molecule has 1 unspecified atom stereocenters. The van der Waals surface area contributed by atoms with Gasteiger partial charge in [-0.15, -0.1) is 0 Å². The molecule has 4 heteroatoms. The summed E-state index contributed by atoms with van der Waals surface area (Å²) in [4.78, 5) is 18.0. The van der Waals surface area contributed by atoms with Crippen LogP contribution < -0.4 is 0 Å². The van der Waals surface area contributed by atoms with Crippen LogP contribution in [-0.2, 0) is 4.79 Å². The number of amidine groups is 1. The third-order valence-electron chi connectivity index (χ3n) is 3.45. The molecular weight excluding hydrogens is 272 g/mol. The zero-order valence-electron chi connectivity index (χ0n) is 11.0. The summed E-state index contributed by atoms with van der Waals surface area (Å²) < 4.78 is 0. The highest BCUT2D eigenvalue weighted by atomic mass is 35.5. The number of nitrogens with zero attached hydrogens (tertiary/aromatic N) is 2. The topological polar surface area (TPSA) is 32.7 Å². The second-order valence-corrected chi connectivity index (χ2v) is 5.13. The molecule has 0 bridgehead atoms. The molecule has 0 saturated heterocycles. The second-order valence-electron chi connectivity index (χ2n) is 4.70. The van der Waals surface area contributed by atoms with Crippen molar-refractivity contribution in [2.45, 2.75) is 6.04 Å². The van der Waals surface area contributed by atoms with Crippen LogP contribution in [0.15, 0.2) is 53.5 Å². The molecule has 0 fully saturated rings. The van der Waals surface area contributed by atoms with Gasteiger partial charge in [0.15, 0.2) is 0 Å². The molecule has 20 heavy (non-hydrogen) atoms. The third-order valence-corrected chi connectivity index (χ3v) is 3.68. The maximum atomic E-state index is 11.5. The number of fused-ring (bicyclic) bond motifs is 1. The number of hydrogen-bond acceptors (Lipinski definition) is 3. The van der Waals surface area contributed by atoms with E-state index in [2.05, 4.69) is 4.99 Å². The first-order chi connectivity index (χ1) is 9.70. The Balaban J connectivity index is 2.18. The number of benzene rings is 2. The molecule has 0 amide bonds. The van der Waals surface area contributed by atoms with Crippen LogP contribution in [0.5, 0.6) is 0 Å². The van der Waals surface area contributed by atoms with Crippen molar-refractivity contribution in [3.05, 3.63) is 64.7 Å². The molecule has 0 spiro atoms. The summed E-state index contributed by atoms with van der Waals surface area (Å²) >= 11 is 6.03. The van der Waals surface area contributed by atoms with E-state index in [0.717, 1.165) is 28.9 Å². The first kappa shape index (κ1) is 12.9. The number of halogens is 1. The summed E-state index contributed by atoms with van der Waals surface area (Å²) in [6.07, 6.45) is 0.935. The van der Waals surface area contributed by atoms with Crippen molar-refractivity contribution in [3.8, 4) is 0 Å². The van der Waals surface area contributed by atoms with E-state index in [9.17, 15) is 4.79 Å². The van der Waals surface area contributed by atoms with E-state index in [4.69, 9.17) is 11.6 Å². The summed E-state index contributed by atoms with van der Waals surface area (Å²) in [6, 6.07) is 14.9.